The van der Waals surface area contributed by atoms with Crippen LogP contribution in [-0.4, -0.2) is 4.98 Å². The molecule has 1 heterocycles. The number of fused-ring (bicyclic) bond motifs is 2. The van der Waals surface area contributed by atoms with Gasteiger partial charge in [0.1, 0.15) is 0 Å². The first-order chi connectivity index (χ1) is 9.40. The quantitative estimate of drug-likeness (QED) is 0.374. The van der Waals surface area contributed by atoms with E-state index in [0.717, 1.165) is 16.1 Å². The summed E-state index contributed by atoms with van der Waals surface area (Å²) in [5.41, 5.74) is 2.13. The van der Waals surface area contributed by atoms with Crippen LogP contribution in [0.2, 0.25) is 0 Å². The zero-order valence-corrected chi connectivity index (χ0v) is 13.7. The van der Waals surface area contributed by atoms with Gasteiger partial charge in [0.15, 0.2) is 0 Å². The number of aromatic nitrogens is 1. The molecular weight excluding hydrogens is 442 g/mol. The van der Waals surface area contributed by atoms with Gasteiger partial charge in [0, 0.05) is 29.8 Å². The van der Waals surface area contributed by atoms with Crippen LogP contribution in [0, 0.1) is 6.07 Å². The Morgan fingerprint density at radius 3 is 2.50 bits per heavy atom. The third-order valence-corrected chi connectivity index (χ3v) is 4.27. The fourth-order valence-electron chi connectivity index (χ4n) is 2.24. The third kappa shape index (κ3) is 2.29. The Kier molecular flexibility index (Phi) is 3.66. The molecule has 1 aromatic heterocycles. The second-order valence-electron chi connectivity index (χ2n) is 4.46. The van der Waals surface area contributed by atoms with Crippen molar-refractivity contribution in [2.24, 2.45) is 0 Å². The number of para-hydroxylation sites is 1. The topological polar surface area (TPSA) is 12.9 Å². The Balaban J connectivity index is 0.00000121. The van der Waals surface area contributed by atoms with Gasteiger partial charge in [0.25, 0.3) is 0 Å². The zero-order chi connectivity index (χ0) is 12.7. The molecule has 0 saturated heterocycles. The average Bonchev–Trinajstić information content (AvgIpc) is 2.90. The van der Waals surface area contributed by atoms with Gasteiger partial charge in [-0.05, 0) is 12.1 Å². The summed E-state index contributed by atoms with van der Waals surface area (Å²) in [5.74, 6) is 0. The fraction of sp³-hybridized carbons (Fsp3) is 0. The molecule has 0 amide bonds. The van der Waals surface area contributed by atoms with E-state index >= 15 is 0 Å². The first-order valence-corrected chi connectivity index (χ1v) is 6.98. The zero-order valence-electron chi connectivity index (χ0n) is 10.5. The van der Waals surface area contributed by atoms with Gasteiger partial charge in [-0.3, -0.25) is 4.98 Å². The minimum absolute atomic E-state index is 0. The Morgan fingerprint density at radius 2 is 1.65 bits per heavy atom. The normalized spacial score (nSPS) is 10.6. The van der Waals surface area contributed by atoms with Crippen molar-refractivity contribution in [2.45, 2.75) is 0 Å². The number of thiazole rings is 1. The van der Waals surface area contributed by atoms with Crippen LogP contribution < -0.4 is 0 Å². The first kappa shape index (κ1) is 13.4. The van der Waals surface area contributed by atoms with Crippen molar-refractivity contribution >= 4 is 32.3 Å². The van der Waals surface area contributed by atoms with Crippen molar-refractivity contribution in [3.63, 3.8) is 0 Å². The van der Waals surface area contributed by atoms with Crippen LogP contribution in [0.15, 0.2) is 60.7 Å². The maximum absolute atomic E-state index is 4.68. The molecule has 99 valence electrons. The summed E-state index contributed by atoms with van der Waals surface area (Å²) < 4.78 is 1.22. The van der Waals surface area contributed by atoms with Crippen molar-refractivity contribution in [2.75, 3.05) is 0 Å². The van der Waals surface area contributed by atoms with Gasteiger partial charge in [0.2, 0.25) is 0 Å². The molecule has 4 aromatic rings. The third-order valence-electron chi connectivity index (χ3n) is 3.20. The van der Waals surface area contributed by atoms with Crippen molar-refractivity contribution in [3.8, 4) is 10.6 Å². The van der Waals surface area contributed by atoms with Gasteiger partial charge in [-0.15, -0.1) is 29.1 Å². The summed E-state index contributed by atoms with van der Waals surface area (Å²) in [7, 11) is 0. The van der Waals surface area contributed by atoms with E-state index in [1.54, 1.807) is 11.3 Å². The van der Waals surface area contributed by atoms with E-state index < -0.39 is 0 Å². The van der Waals surface area contributed by atoms with Crippen LogP contribution >= 0.6 is 11.3 Å². The van der Waals surface area contributed by atoms with Gasteiger partial charge in [-0.2, -0.15) is 11.3 Å². The Labute approximate surface area is 134 Å². The predicted molar refractivity (Wildman–Crippen MR) is 81.4 cm³/mol. The van der Waals surface area contributed by atoms with E-state index in [0.29, 0.717) is 0 Å². The summed E-state index contributed by atoms with van der Waals surface area (Å²) in [6, 6.07) is 24.1. The molecule has 4 rings (SSSR count). The van der Waals surface area contributed by atoms with Crippen LogP contribution in [0.5, 0.6) is 0 Å². The van der Waals surface area contributed by atoms with Gasteiger partial charge < -0.3 is 0 Å². The number of benzene rings is 3. The van der Waals surface area contributed by atoms with Crippen LogP contribution in [0.4, 0.5) is 0 Å². The maximum atomic E-state index is 4.68. The van der Waals surface area contributed by atoms with Gasteiger partial charge in [0.05, 0.1) is 5.52 Å². The molecular formula is C17H10IrNS-. The molecule has 0 bridgehead atoms. The molecule has 0 spiro atoms. The van der Waals surface area contributed by atoms with Crippen molar-refractivity contribution < 1.29 is 20.1 Å². The SMILES string of the molecule is [Ir].[c-]1cc2ccccc2cc1-c1nc2ccccc2s1. The smallest absolute Gasteiger partial charge is 0.0697 e. The Hall–Kier alpha value is -1.54. The van der Waals surface area contributed by atoms with E-state index in [9.17, 15) is 0 Å². The second-order valence-corrected chi connectivity index (χ2v) is 5.49. The molecule has 0 aliphatic carbocycles. The molecule has 0 fully saturated rings. The summed E-state index contributed by atoms with van der Waals surface area (Å²) in [5, 5.41) is 3.48. The fourth-order valence-corrected chi connectivity index (χ4v) is 3.18. The largest absolute Gasteiger partial charge is 0.285 e. The van der Waals surface area contributed by atoms with E-state index in [1.807, 2.05) is 24.3 Å². The monoisotopic (exact) mass is 453 g/mol. The molecule has 0 aliphatic heterocycles. The molecule has 20 heavy (non-hydrogen) atoms. The molecule has 0 atom stereocenters. The van der Waals surface area contributed by atoms with E-state index in [-0.39, 0.29) is 20.1 Å². The molecule has 0 aliphatic rings. The van der Waals surface area contributed by atoms with E-state index in [4.69, 9.17) is 0 Å². The Morgan fingerprint density at radius 1 is 0.900 bits per heavy atom. The Bertz CT molecular complexity index is 849. The molecule has 0 saturated carbocycles. The van der Waals surface area contributed by atoms with E-state index in [2.05, 4.69) is 47.4 Å². The first-order valence-electron chi connectivity index (χ1n) is 6.16. The summed E-state index contributed by atoms with van der Waals surface area (Å²) in [6.45, 7) is 0. The van der Waals surface area contributed by atoms with Crippen LogP contribution in [0.1, 0.15) is 0 Å². The van der Waals surface area contributed by atoms with Gasteiger partial charge in [-0.25, -0.2) is 0 Å². The number of hydrogen-bond acceptors (Lipinski definition) is 2. The molecule has 3 heteroatoms. The minimum atomic E-state index is 0. The maximum Gasteiger partial charge on any atom is 0.0697 e. The molecule has 1 radical (unpaired) electrons. The summed E-state index contributed by atoms with van der Waals surface area (Å²) in [6.07, 6.45) is 0. The van der Waals surface area contributed by atoms with Crippen LogP contribution in [0.3, 0.4) is 0 Å². The van der Waals surface area contributed by atoms with Crippen molar-refractivity contribution in [1.29, 1.82) is 0 Å². The molecule has 1 nitrogen and oxygen atoms in total. The number of rotatable bonds is 1. The standard InChI is InChI=1S/C17H10NS.Ir/c1-2-6-13-11-14(10-9-12(13)5-1)17-18-15-7-3-4-8-16(15)19-17;/h1-9,11H;/q-1;. The summed E-state index contributed by atoms with van der Waals surface area (Å²) in [4.78, 5) is 4.68. The van der Waals surface area contributed by atoms with Crippen LogP contribution in [0.25, 0.3) is 31.6 Å². The molecule has 0 N–H and O–H groups in total. The molecule has 3 aromatic carbocycles. The van der Waals surface area contributed by atoms with Crippen molar-refractivity contribution in [1.82, 2.24) is 4.98 Å². The number of nitrogens with zero attached hydrogens (tertiary/aromatic N) is 1. The van der Waals surface area contributed by atoms with Gasteiger partial charge >= 0.3 is 0 Å². The van der Waals surface area contributed by atoms with Crippen molar-refractivity contribution in [3.05, 3.63) is 66.7 Å². The number of hydrogen-bond donors (Lipinski definition) is 0. The minimum Gasteiger partial charge on any atom is -0.285 e. The second kappa shape index (κ2) is 5.45. The summed E-state index contributed by atoms with van der Waals surface area (Å²) >= 11 is 1.72. The average molecular weight is 453 g/mol. The predicted octanol–water partition coefficient (Wildman–Crippen LogP) is 4.91. The van der Waals surface area contributed by atoms with Gasteiger partial charge in [-0.1, -0.05) is 41.8 Å². The van der Waals surface area contributed by atoms with E-state index in [1.165, 1.54) is 15.5 Å². The van der Waals surface area contributed by atoms with Crippen LogP contribution in [-0.2, 0) is 20.1 Å². The molecule has 0 unspecified atom stereocenters.